The van der Waals surface area contributed by atoms with Gasteiger partial charge in [-0.25, -0.2) is 4.98 Å². The molecule has 3 rings (SSSR count). The fourth-order valence-electron chi connectivity index (χ4n) is 2.52. The van der Waals surface area contributed by atoms with Crippen molar-refractivity contribution in [3.8, 4) is 11.8 Å². The second-order valence-electron chi connectivity index (χ2n) is 5.76. The molecule has 0 fully saturated rings. The highest BCUT2D eigenvalue weighted by Gasteiger charge is 2.10. The van der Waals surface area contributed by atoms with E-state index in [1.54, 1.807) is 12.1 Å². The summed E-state index contributed by atoms with van der Waals surface area (Å²) in [5, 5.41) is 12.0. The number of hydrogen-bond donors (Lipinski definition) is 1. The summed E-state index contributed by atoms with van der Waals surface area (Å²) in [5.41, 5.74) is 4.11. The monoisotopic (exact) mass is 351 g/mol. The molecule has 0 spiro atoms. The van der Waals surface area contributed by atoms with E-state index in [9.17, 15) is 4.79 Å². The normalized spacial score (nSPS) is 10.4. The number of fused-ring (bicyclic) bond motifs is 1. The molecule has 0 unspecified atom stereocenters. The number of thiazole rings is 1. The first-order chi connectivity index (χ1) is 12.0. The number of nitrogens with one attached hydrogen (secondary N) is 1. The Morgan fingerprint density at radius 2 is 2.04 bits per heavy atom. The van der Waals surface area contributed by atoms with Crippen LogP contribution in [0.3, 0.4) is 0 Å². The lowest BCUT2D eigenvalue weighted by molar-refractivity contribution is -0.118. The Morgan fingerprint density at radius 3 is 2.76 bits per heavy atom. The lowest BCUT2D eigenvalue weighted by Gasteiger charge is -2.06. The number of anilines is 1. The first-order valence-corrected chi connectivity index (χ1v) is 8.63. The molecule has 25 heavy (non-hydrogen) atoms. The molecule has 3 aromatic rings. The van der Waals surface area contributed by atoms with E-state index in [2.05, 4.69) is 28.5 Å². The summed E-state index contributed by atoms with van der Waals surface area (Å²) in [6.07, 6.45) is 0.358. The van der Waals surface area contributed by atoms with Crippen LogP contribution in [0, 0.1) is 25.2 Å². The molecule has 0 saturated heterocycles. The summed E-state index contributed by atoms with van der Waals surface area (Å²) in [4.78, 5) is 16.6. The topological polar surface area (TPSA) is 75.0 Å². The zero-order valence-corrected chi connectivity index (χ0v) is 14.8. The van der Waals surface area contributed by atoms with Crippen molar-refractivity contribution in [3.63, 3.8) is 0 Å². The quantitative estimate of drug-likeness (QED) is 0.754. The number of hydrogen-bond acceptors (Lipinski definition) is 5. The summed E-state index contributed by atoms with van der Waals surface area (Å²) in [6, 6.07) is 13.4. The molecule has 1 heterocycles. The van der Waals surface area contributed by atoms with E-state index < -0.39 is 0 Å². The predicted octanol–water partition coefficient (Wildman–Crippen LogP) is 4.00. The first-order valence-electron chi connectivity index (χ1n) is 7.81. The van der Waals surface area contributed by atoms with Crippen LogP contribution in [0.2, 0.25) is 0 Å². The molecule has 6 heteroatoms. The summed E-state index contributed by atoms with van der Waals surface area (Å²) >= 11 is 1.45. The largest absolute Gasteiger partial charge is 0.484 e. The van der Waals surface area contributed by atoms with E-state index in [4.69, 9.17) is 10.00 Å². The van der Waals surface area contributed by atoms with Gasteiger partial charge in [-0.15, -0.1) is 0 Å². The fourth-order valence-corrected chi connectivity index (χ4v) is 3.58. The van der Waals surface area contributed by atoms with Crippen molar-refractivity contribution in [1.82, 2.24) is 4.98 Å². The molecular weight excluding hydrogens is 334 g/mol. The Kier molecular flexibility index (Phi) is 4.96. The zero-order chi connectivity index (χ0) is 17.8. The molecule has 0 saturated carbocycles. The summed E-state index contributed by atoms with van der Waals surface area (Å²) < 4.78 is 6.53. The van der Waals surface area contributed by atoms with Gasteiger partial charge in [0.15, 0.2) is 11.7 Å². The van der Waals surface area contributed by atoms with Gasteiger partial charge >= 0.3 is 0 Å². The summed E-state index contributed by atoms with van der Waals surface area (Å²) in [6.45, 7) is 3.96. The Hall–Kier alpha value is -2.91. The van der Waals surface area contributed by atoms with Crippen LogP contribution in [0.25, 0.3) is 10.2 Å². The van der Waals surface area contributed by atoms with Crippen molar-refractivity contribution in [1.29, 1.82) is 5.26 Å². The molecule has 0 aliphatic carbocycles. The van der Waals surface area contributed by atoms with Crippen LogP contribution in [0.5, 0.6) is 5.75 Å². The Balaban J connectivity index is 1.61. The second-order valence-corrected chi connectivity index (χ2v) is 6.79. The van der Waals surface area contributed by atoms with E-state index in [0.29, 0.717) is 17.3 Å². The number of carbonyl (C=O) groups is 1. The summed E-state index contributed by atoms with van der Waals surface area (Å²) in [5.74, 6) is 0.335. The number of nitriles is 1. The van der Waals surface area contributed by atoms with Crippen molar-refractivity contribution in [2.45, 2.75) is 20.3 Å². The number of ether oxygens (including phenoxy) is 1. The van der Waals surface area contributed by atoms with Gasteiger partial charge in [-0.1, -0.05) is 29.5 Å². The first kappa shape index (κ1) is 16.9. The van der Waals surface area contributed by atoms with Crippen LogP contribution in [-0.2, 0) is 11.2 Å². The molecule has 5 nitrogen and oxygen atoms in total. The second kappa shape index (κ2) is 7.32. The van der Waals surface area contributed by atoms with Gasteiger partial charge in [-0.2, -0.15) is 5.26 Å². The number of benzene rings is 2. The molecule has 1 aromatic heterocycles. The lowest BCUT2D eigenvalue weighted by Crippen LogP contribution is -2.20. The number of aryl methyl sites for hydroxylation is 2. The van der Waals surface area contributed by atoms with Gasteiger partial charge in [-0.3, -0.25) is 10.1 Å². The molecule has 1 amide bonds. The number of amides is 1. The van der Waals surface area contributed by atoms with Crippen LogP contribution >= 0.6 is 11.3 Å². The molecule has 2 aromatic carbocycles. The lowest BCUT2D eigenvalue weighted by atomic mass is 10.1. The van der Waals surface area contributed by atoms with E-state index in [1.165, 1.54) is 16.9 Å². The molecular formula is C19H17N3O2S. The van der Waals surface area contributed by atoms with E-state index in [-0.39, 0.29) is 12.5 Å². The number of carbonyl (C=O) groups excluding carboxylic acids is 1. The number of nitrogens with zero attached hydrogens (tertiary/aromatic N) is 2. The third-order valence-corrected chi connectivity index (χ3v) is 4.57. The van der Waals surface area contributed by atoms with E-state index in [1.807, 2.05) is 26.0 Å². The molecule has 0 aliphatic rings. The molecule has 0 aliphatic heterocycles. The standard InChI is InChI=1S/C19H17N3O2S/c1-12-9-13(2)18-16(10-12)25-19(22-18)21-17(23)11-24-15-5-3-14(4-6-15)7-8-20/h3-6,9-10H,7,11H2,1-2H3,(H,21,22,23). The highest BCUT2D eigenvalue weighted by molar-refractivity contribution is 7.22. The maximum atomic E-state index is 12.1. The zero-order valence-electron chi connectivity index (χ0n) is 14.0. The Bertz CT molecular complexity index is 955. The van der Waals surface area contributed by atoms with Gasteiger partial charge in [0.25, 0.3) is 5.91 Å². The van der Waals surface area contributed by atoms with Gasteiger partial charge in [0.1, 0.15) is 5.75 Å². The fraction of sp³-hybridized carbons (Fsp3) is 0.211. The van der Waals surface area contributed by atoms with Crippen LogP contribution < -0.4 is 10.1 Å². The van der Waals surface area contributed by atoms with Gasteiger partial charge in [0, 0.05) is 0 Å². The number of rotatable bonds is 5. The maximum absolute atomic E-state index is 12.1. The SMILES string of the molecule is Cc1cc(C)c2nc(NC(=O)COc3ccc(CC#N)cc3)sc2c1. The van der Waals surface area contributed by atoms with Crippen molar-refractivity contribution in [3.05, 3.63) is 53.1 Å². The average molecular weight is 351 g/mol. The predicted molar refractivity (Wildman–Crippen MR) is 99.0 cm³/mol. The third-order valence-electron chi connectivity index (χ3n) is 3.65. The molecule has 1 N–H and O–H groups in total. The maximum Gasteiger partial charge on any atom is 0.264 e. The van der Waals surface area contributed by atoms with Gasteiger partial charge in [0.2, 0.25) is 0 Å². The van der Waals surface area contributed by atoms with Crippen molar-refractivity contribution in [2.75, 3.05) is 11.9 Å². The van der Waals surface area contributed by atoms with Gasteiger partial charge < -0.3 is 4.74 Å². The highest BCUT2D eigenvalue weighted by Crippen LogP contribution is 2.29. The Morgan fingerprint density at radius 1 is 1.28 bits per heavy atom. The average Bonchev–Trinajstić information content (AvgIpc) is 2.97. The minimum Gasteiger partial charge on any atom is -0.484 e. The van der Waals surface area contributed by atoms with Crippen LogP contribution in [-0.4, -0.2) is 17.5 Å². The minimum absolute atomic E-state index is 0.0917. The van der Waals surface area contributed by atoms with Gasteiger partial charge in [-0.05, 0) is 48.7 Å². The van der Waals surface area contributed by atoms with Crippen molar-refractivity contribution < 1.29 is 9.53 Å². The summed E-state index contributed by atoms with van der Waals surface area (Å²) in [7, 11) is 0. The van der Waals surface area contributed by atoms with Crippen LogP contribution in [0.1, 0.15) is 16.7 Å². The molecule has 0 bridgehead atoms. The van der Waals surface area contributed by atoms with E-state index in [0.717, 1.165) is 21.3 Å². The van der Waals surface area contributed by atoms with Gasteiger partial charge in [0.05, 0.1) is 22.7 Å². The Labute approximate surface area is 149 Å². The molecule has 0 atom stereocenters. The van der Waals surface area contributed by atoms with Crippen LogP contribution in [0.15, 0.2) is 36.4 Å². The van der Waals surface area contributed by atoms with Crippen LogP contribution in [0.4, 0.5) is 5.13 Å². The minimum atomic E-state index is -0.255. The number of aromatic nitrogens is 1. The van der Waals surface area contributed by atoms with Crippen molar-refractivity contribution >= 4 is 32.6 Å². The van der Waals surface area contributed by atoms with E-state index >= 15 is 0 Å². The molecule has 126 valence electrons. The smallest absolute Gasteiger partial charge is 0.264 e. The highest BCUT2D eigenvalue weighted by atomic mass is 32.1. The van der Waals surface area contributed by atoms with Crippen molar-refractivity contribution in [2.24, 2.45) is 0 Å². The third kappa shape index (κ3) is 4.14. The molecule has 0 radical (unpaired) electrons.